The molecule has 5 heteroatoms. The van der Waals surface area contributed by atoms with E-state index in [0.29, 0.717) is 6.10 Å². The molecule has 0 unspecified atom stereocenters. The normalized spacial score (nSPS) is 15.1. The van der Waals surface area contributed by atoms with Gasteiger partial charge in [0.2, 0.25) is 0 Å². The molecule has 0 aliphatic carbocycles. The van der Waals surface area contributed by atoms with Crippen molar-refractivity contribution in [2.45, 2.75) is 18.9 Å². The standard InChI is InChI=1S/C21H26N4O/c22-21(23)17-5-1-3-16(15-17)4-2-12-25-18-6-8-19(9-7-18)26-20-10-13-24-14-11-20/h1-9,15,20,24-25H,10-14H2,(H3,22,23). The van der Waals surface area contributed by atoms with Crippen molar-refractivity contribution in [2.75, 3.05) is 25.0 Å². The molecule has 2 aromatic carbocycles. The molecule has 1 aliphatic heterocycles. The number of piperidine rings is 1. The molecule has 1 fully saturated rings. The zero-order chi connectivity index (χ0) is 18.2. The molecule has 26 heavy (non-hydrogen) atoms. The van der Waals surface area contributed by atoms with Crippen molar-refractivity contribution < 1.29 is 4.74 Å². The maximum absolute atomic E-state index is 7.48. The van der Waals surface area contributed by atoms with E-state index < -0.39 is 0 Å². The van der Waals surface area contributed by atoms with Crippen LogP contribution in [0.5, 0.6) is 5.75 Å². The van der Waals surface area contributed by atoms with Gasteiger partial charge < -0.3 is 21.1 Å². The molecule has 0 amide bonds. The Morgan fingerprint density at radius 2 is 1.96 bits per heavy atom. The Kier molecular flexibility index (Phi) is 6.28. The number of ether oxygens (including phenoxy) is 1. The number of anilines is 1. The second-order valence-electron chi connectivity index (χ2n) is 6.41. The van der Waals surface area contributed by atoms with Crippen molar-refractivity contribution in [1.82, 2.24) is 5.32 Å². The van der Waals surface area contributed by atoms with Crippen molar-refractivity contribution in [2.24, 2.45) is 5.73 Å². The van der Waals surface area contributed by atoms with E-state index >= 15 is 0 Å². The molecule has 0 aromatic heterocycles. The Bertz CT molecular complexity index is 749. The van der Waals surface area contributed by atoms with Gasteiger partial charge in [0, 0.05) is 17.8 Å². The summed E-state index contributed by atoms with van der Waals surface area (Å²) in [5, 5.41) is 14.2. The lowest BCUT2D eigenvalue weighted by atomic mass is 10.1. The average molecular weight is 350 g/mol. The molecule has 0 saturated carbocycles. The van der Waals surface area contributed by atoms with Crippen molar-refractivity contribution in [3.63, 3.8) is 0 Å². The maximum atomic E-state index is 7.48. The van der Waals surface area contributed by atoms with Crippen LogP contribution in [-0.4, -0.2) is 31.6 Å². The third-order valence-electron chi connectivity index (χ3n) is 4.38. The van der Waals surface area contributed by atoms with Gasteiger partial charge in [-0.15, -0.1) is 0 Å². The van der Waals surface area contributed by atoms with E-state index in [4.69, 9.17) is 15.9 Å². The zero-order valence-corrected chi connectivity index (χ0v) is 14.9. The minimum atomic E-state index is 0.0881. The number of rotatable bonds is 7. The summed E-state index contributed by atoms with van der Waals surface area (Å²) >= 11 is 0. The topological polar surface area (TPSA) is 83.2 Å². The Labute approximate surface area is 154 Å². The van der Waals surface area contributed by atoms with Crippen LogP contribution < -0.4 is 21.1 Å². The lowest BCUT2D eigenvalue weighted by Crippen LogP contribution is -2.34. The van der Waals surface area contributed by atoms with Gasteiger partial charge in [-0.3, -0.25) is 5.41 Å². The number of hydrogen-bond acceptors (Lipinski definition) is 4. The molecule has 1 aliphatic rings. The van der Waals surface area contributed by atoms with Crippen LogP contribution in [0.3, 0.4) is 0 Å². The lowest BCUT2D eigenvalue weighted by molar-refractivity contribution is 0.162. The highest BCUT2D eigenvalue weighted by Gasteiger charge is 2.14. The first-order valence-corrected chi connectivity index (χ1v) is 9.03. The van der Waals surface area contributed by atoms with Gasteiger partial charge in [0.1, 0.15) is 17.7 Å². The Balaban J connectivity index is 1.47. The number of nitrogens with one attached hydrogen (secondary N) is 3. The number of hydrogen-bond donors (Lipinski definition) is 4. The van der Waals surface area contributed by atoms with E-state index in [1.54, 1.807) is 0 Å². The summed E-state index contributed by atoms with van der Waals surface area (Å²) in [4.78, 5) is 0. The zero-order valence-electron chi connectivity index (χ0n) is 14.9. The van der Waals surface area contributed by atoms with Crippen LogP contribution in [0.2, 0.25) is 0 Å². The summed E-state index contributed by atoms with van der Waals surface area (Å²) in [6.45, 7) is 2.79. The maximum Gasteiger partial charge on any atom is 0.122 e. The number of amidine groups is 1. The fraction of sp³-hybridized carbons (Fsp3) is 0.286. The fourth-order valence-electron chi connectivity index (χ4n) is 2.94. The van der Waals surface area contributed by atoms with Gasteiger partial charge in [-0.1, -0.05) is 30.4 Å². The molecule has 1 heterocycles. The highest BCUT2D eigenvalue weighted by atomic mass is 16.5. The molecule has 0 spiro atoms. The van der Waals surface area contributed by atoms with E-state index in [1.165, 1.54) is 0 Å². The van der Waals surface area contributed by atoms with Gasteiger partial charge in [0.05, 0.1) is 0 Å². The summed E-state index contributed by atoms with van der Waals surface area (Å²) in [7, 11) is 0. The summed E-state index contributed by atoms with van der Waals surface area (Å²) in [6, 6.07) is 15.8. The fourth-order valence-corrected chi connectivity index (χ4v) is 2.94. The molecule has 1 saturated heterocycles. The molecule has 3 rings (SSSR count). The highest BCUT2D eigenvalue weighted by molar-refractivity contribution is 5.95. The second-order valence-corrected chi connectivity index (χ2v) is 6.41. The first-order valence-electron chi connectivity index (χ1n) is 9.03. The molecule has 5 nitrogen and oxygen atoms in total. The van der Waals surface area contributed by atoms with E-state index in [1.807, 2.05) is 54.6 Å². The Morgan fingerprint density at radius 3 is 2.69 bits per heavy atom. The lowest BCUT2D eigenvalue weighted by Gasteiger charge is -2.23. The summed E-state index contributed by atoms with van der Waals surface area (Å²) < 4.78 is 6.01. The van der Waals surface area contributed by atoms with Gasteiger partial charge in [-0.25, -0.2) is 0 Å². The van der Waals surface area contributed by atoms with Crippen LogP contribution in [0.15, 0.2) is 54.6 Å². The van der Waals surface area contributed by atoms with Gasteiger partial charge >= 0.3 is 0 Å². The third-order valence-corrected chi connectivity index (χ3v) is 4.38. The number of nitrogen functional groups attached to an aromatic ring is 1. The van der Waals surface area contributed by atoms with Crippen molar-refractivity contribution in [3.8, 4) is 5.75 Å². The Hall–Kier alpha value is -2.79. The predicted molar refractivity (Wildman–Crippen MR) is 108 cm³/mol. The minimum Gasteiger partial charge on any atom is -0.490 e. The number of benzene rings is 2. The van der Waals surface area contributed by atoms with Crippen molar-refractivity contribution in [1.29, 1.82) is 5.41 Å². The van der Waals surface area contributed by atoms with Gasteiger partial charge in [0.25, 0.3) is 0 Å². The first-order chi connectivity index (χ1) is 12.7. The summed E-state index contributed by atoms with van der Waals surface area (Å²) in [6.07, 6.45) is 6.53. The van der Waals surface area contributed by atoms with Crippen molar-refractivity contribution in [3.05, 3.63) is 65.7 Å². The van der Waals surface area contributed by atoms with E-state index in [9.17, 15) is 0 Å². The first kappa shape index (κ1) is 18.0. The van der Waals surface area contributed by atoms with Crippen LogP contribution >= 0.6 is 0 Å². The summed E-state index contributed by atoms with van der Waals surface area (Å²) in [5.74, 6) is 1.02. The van der Waals surface area contributed by atoms with Crippen LogP contribution in [-0.2, 0) is 0 Å². The van der Waals surface area contributed by atoms with Crippen LogP contribution in [0.1, 0.15) is 24.0 Å². The highest BCUT2D eigenvalue weighted by Crippen LogP contribution is 2.19. The van der Waals surface area contributed by atoms with E-state index in [-0.39, 0.29) is 5.84 Å². The molecular formula is C21H26N4O. The molecule has 136 valence electrons. The minimum absolute atomic E-state index is 0.0881. The summed E-state index contributed by atoms with van der Waals surface area (Å²) in [5.41, 5.74) is 8.35. The van der Waals surface area contributed by atoms with Gasteiger partial charge in [-0.05, 0) is 61.8 Å². The molecule has 0 bridgehead atoms. The smallest absolute Gasteiger partial charge is 0.122 e. The Morgan fingerprint density at radius 1 is 1.19 bits per heavy atom. The third kappa shape index (κ3) is 5.36. The number of nitrogens with two attached hydrogens (primary N) is 1. The molecule has 2 aromatic rings. The molecule has 0 atom stereocenters. The second kappa shape index (κ2) is 9.06. The van der Waals surface area contributed by atoms with Crippen LogP contribution in [0, 0.1) is 5.41 Å². The predicted octanol–water partition coefficient (Wildman–Crippen LogP) is 3.23. The molecule has 0 radical (unpaired) electrons. The quantitative estimate of drug-likeness (QED) is 0.456. The monoisotopic (exact) mass is 350 g/mol. The van der Waals surface area contributed by atoms with E-state index in [0.717, 1.165) is 55.0 Å². The van der Waals surface area contributed by atoms with Crippen molar-refractivity contribution >= 4 is 17.6 Å². The largest absolute Gasteiger partial charge is 0.490 e. The van der Waals surface area contributed by atoms with Crippen LogP contribution in [0.25, 0.3) is 6.08 Å². The average Bonchev–Trinajstić information content (AvgIpc) is 2.67. The SMILES string of the molecule is N=C(N)c1cccc(C=CCNc2ccc(OC3CCNCC3)cc2)c1. The van der Waals surface area contributed by atoms with E-state index in [2.05, 4.69) is 16.7 Å². The molecular weight excluding hydrogens is 324 g/mol. The van der Waals surface area contributed by atoms with Gasteiger partial charge in [0.15, 0.2) is 0 Å². The van der Waals surface area contributed by atoms with Gasteiger partial charge in [-0.2, -0.15) is 0 Å². The molecule has 5 N–H and O–H groups in total. The van der Waals surface area contributed by atoms with Crippen LogP contribution in [0.4, 0.5) is 5.69 Å².